The Balaban J connectivity index is 2.22. The maximum Gasteiger partial charge on any atom is 0.0441 e. The minimum Gasteiger partial charge on any atom is -0.311 e. The van der Waals surface area contributed by atoms with Gasteiger partial charge in [-0.05, 0) is 66.2 Å². The predicted octanol–water partition coefficient (Wildman–Crippen LogP) is 5.88. The molecule has 1 unspecified atom stereocenters. The van der Waals surface area contributed by atoms with Crippen LogP contribution in [0.5, 0.6) is 0 Å². The summed E-state index contributed by atoms with van der Waals surface area (Å²) in [6, 6.07) is 10.3. The summed E-state index contributed by atoms with van der Waals surface area (Å²) in [5.41, 5.74) is 1.32. The SMILES string of the molecule is CC(C)(C)NCC(Cc1sccc1Br)c1ccccc1Cl. The highest BCUT2D eigenvalue weighted by molar-refractivity contribution is 9.10. The normalized spacial score (nSPS) is 13.4. The molecule has 0 saturated carbocycles. The third kappa shape index (κ3) is 5.10. The first-order valence-corrected chi connectivity index (χ1v) is 9.13. The van der Waals surface area contributed by atoms with Gasteiger partial charge in [0.25, 0.3) is 0 Å². The second-order valence-electron chi connectivity index (χ2n) is 6.25. The second kappa shape index (κ2) is 7.28. The molecule has 0 aliphatic rings. The van der Waals surface area contributed by atoms with Crippen molar-refractivity contribution >= 4 is 38.9 Å². The molecule has 1 aromatic carbocycles. The molecule has 114 valence electrons. The van der Waals surface area contributed by atoms with Crippen LogP contribution in [0.15, 0.2) is 40.2 Å². The van der Waals surface area contributed by atoms with Gasteiger partial charge in [0.1, 0.15) is 0 Å². The number of hydrogen-bond acceptors (Lipinski definition) is 2. The fraction of sp³-hybridized carbons (Fsp3) is 0.412. The van der Waals surface area contributed by atoms with Gasteiger partial charge < -0.3 is 5.32 Å². The van der Waals surface area contributed by atoms with Crippen LogP contribution in [0.1, 0.15) is 37.1 Å². The molecule has 21 heavy (non-hydrogen) atoms. The summed E-state index contributed by atoms with van der Waals surface area (Å²) in [6.45, 7) is 7.49. The predicted molar refractivity (Wildman–Crippen MR) is 97.7 cm³/mol. The first kappa shape index (κ1) is 17.0. The zero-order chi connectivity index (χ0) is 15.5. The van der Waals surface area contributed by atoms with Crippen LogP contribution in [0.3, 0.4) is 0 Å². The first-order valence-electron chi connectivity index (χ1n) is 7.08. The Hall–Kier alpha value is -0.350. The third-order valence-corrected chi connectivity index (χ3v) is 5.64. The van der Waals surface area contributed by atoms with Gasteiger partial charge in [0.2, 0.25) is 0 Å². The quantitative estimate of drug-likeness (QED) is 0.676. The minimum absolute atomic E-state index is 0.103. The Morgan fingerprint density at radius 2 is 1.95 bits per heavy atom. The molecule has 2 rings (SSSR count). The lowest BCUT2D eigenvalue weighted by atomic mass is 9.93. The van der Waals surface area contributed by atoms with E-state index in [4.69, 9.17) is 11.6 Å². The number of thiophene rings is 1. The Morgan fingerprint density at radius 1 is 1.24 bits per heavy atom. The Bertz CT molecular complexity index is 588. The van der Waals surface area contributed by atoms with Gasteiger partial charge in [-0.15, -0.1) is 11.3 Å². The van der Waals surface area contributed by atoms with E-state index < -0.39 is 0 Å². The Kier molecular flexibility index (Phi) is 5.89. The van der Waals surface area contributed by atoms with Crippen molar-refractivity contribution in [2.24, 2.45) is 0 Å². The van der Waals surface area contributed by atoms with Gasteiger partial charge in [0.15, 0.2) is 0 Å². The number of benzene rings is 1. The molecule has 0 fully saturated rings. The summed E-state index contributed by atoms with van der Waals surface area (Å²) < 4.78 is 1.19. The lowest BCUT2D eigenvalue weighted by molar-refractivity contribution is 0.405. The van der Waals surface area contributed by atoms with Gasteiger partial charge in [-0.2, -0.15) is 0 Å². The molecule has 1 heterocycles. The van der Waals surface area contributed by atoms with Gasteiger partial charge in [-0.1, -0.05) is 29.8 Å². The molecule has 1 atom stereocenters. The molecule has 1 aromatic heterocycles. The van der Waals surface area contributed by atoms with Crippen LogP contribution in [0, 0.1) is 0 Å². The molecule has 0 spiro atoms. The molecule has 0 amide bonds. The zero-order valence-corrected chi connectivity index (χ0v) is 15.8. The molecular weight excluding hydrogens is 366 g/mol. The van der Waals surface area contributed by atoms with Crippen molar-refractivity contribution in [3.63, 3.8) is 0 Å². The average molecular weight is 387 g/mol. The summed E-state index contributed by atoms with van der Waals surface area (Å²) in [6.07, 6.45) is 0.991. The van der Waals surface area contributed by atoms with Crippen LogP contribution in [0.25, 0.3) is 0 Å². The van der Waals surface area contributed by atoms with Crippen molar-refractivity contribution in [2.75, 3.05) is 6.54 Å². The lowest BCUT2D eigenvalue weighted by Gasteiger charge is -2.26. The number of rotatable bonds is 5. The molecule has 1 N–H and O–H groups in total. The van der Waals surface area contributed by atoms with Crippen molar-refractivity contribution in [2.45, 2.75) is 38.6 Å². The zero-order valence-electron chi connectivity index (χ0n) is 12.6. The van der Waals surface area contributed by atoms with E-state index in [-0.39, 0.29) is 5.54 Å². The van der Waals surface area contributed by atoms with Crippen molar-refractivity contribution < 1.29 is 0 Å². The molecule has 0 saturated heterocycles. The smallest absolute Gasteiger partial charge is 0.0441 e. The van der Waals surface area contributed by atoms with Crippen LogP contribution < -0.4 is 5.32 Å². The summed E-state index contributed by atoms with van der Waals surface area (Å²) in [7, 11) is 0. The molecule has 0 radical (unpaired) electrons. The molecule has 0 bridgehead atoms. The molecule has 0 aliphatic heterocycles. The average Bonchev–Trinajstić information content (AvgIpc) is 2.80. The van der Waals surface area contributed by atoms with E-state index in [1.807, 2.05) is 12.1 Å². The number of halogens is 2. The summed E-state index contributed by atoms with van der Waals surface area (Å²) in [4.78, 5) is 1.37. The summed E-state index contributed by atoms with van der Waals surface area (Å²) in [5.74, 6) is 0.368. The van der Waals surface area contributed by atoms with Crippen molar-refractivity contribution in [1.82, 2.24) is 5.32 Å². The fourth-order valence-corrected chi connectivity index (χ4v) is 4.11. The largest absolute Gasteiger partial charge is 0.311 e. The highest BCUT2D eigenvalue weighted by Gasteiger charge is 2.20. The van der Waals surface area contributed by atoms with Crippen LogP contribution in [-0.4, -0.2) is 12.1 Å². The highest BCUT2D eigenvalue weighted by atomic mass is 79.9. The number of hydrogen-bond donors (Lipinski definition) is 1. The van der Waals surface area contributed by atoms with Crippen LogP contribution in [-0.2, 0) is 6.42 Å². The molecule has 1 nitrogen and oxygen atoms in total. The van der Waals surface area contributed by atoms with Gasteiger partial charge in [-0.3, -0.25) is 0 Å². The second-order valence-corrected chi connectivity index (χ2v) is 8.51. The van der Waals surface area contributed by atoms with Crippen molar-refractivity contribution in [3.8, 4) is 0 Å². The fourth-order valence-electron chi connectivity index (χ4n) is 2.22. The van der Waals surface area contributed by atoms with Crippen molar-refractivity contribution in [3.05, 3.63) is 55.6 Å². The van der Waals surface area contributed by atoms with Gasteiger partial charge in [0.05, 0.1) is 0 Å². The standard InChI is InChI=1S/C17H21BrClNS/c1-17(2,3)20-11-12(10-16-14(18)8-9-21-16)13-6-4-5-7-15(13)19/h4-9,12,20H,10-11H2,1-3H3. The van der Waals surface area contributed by atoms with Crippen LogP contribution >= 0.6 is 38.9 Å². The number of nitrogens with one attached hydrogen (secondary N) is 1. The van der Waals surface area contributed by atoms with E-state index in [0.717, 1.165) is 18.0 Å². The van der Waals surface area contributed by atoms with Gasteiger partial charge >= 0.3 is 0 Å². The van der Waals surface area contributed by atoms with E-state index in [0.29, 0.717) is 5.92 Å². The molecular formula is C17H21BrClNS. The van der Waals surface area contributed by atoms with E-state index in [1.165, 1.54) is 14.9 Å². The first-order chi connectivity index (χ1) is 9.87. The maximum absolute atomic E-state index is 6.41. The highest BCUT2D eigenvalue weighted by Crippen LogP contribution is 2.32. The van der Waals surface area contributed by atoms with Crippen molar-refractivity contribution in [1.29, 1.82) is 0 Å². The Morgan fingerprint density at radius 3 is 2.52 bits per heavy atom. The summed E-state index contributed by atoms with van der Waals surface area (Å²) >= 11 is 11.8. The maximum atomic E-state index is 6.41. The minimum atomic E-state index is 0.103. The van der Waals surface area contributed by atoms with Crippen LogP contribution in [0.4, 0.5) is 0 Å². The molecule has 2 aromatic rings. The van der Waals surface area contributed by atoms with Gasteiger partial charge in [-0.25, -0.2) is 0 Å². The monoisotopic (exact) mass is 385 g/mol. The van der Waals surface area contributed by atoms with E-state index >= 15 is 0 Å². The summed E-state index contributed by atoms with van der Waals surface area (Å²) in [5, 5.41) is 6.59. The van der Waals surface area contributed by atoms with Crippen LogP contribution in [0.2, 0.25) is 5.02 Å². The van der Waals surface area contributed by atoms with Gasteiger partial charge in [0, 0.05) is 32.4 Å². The topological polar surface area (TPSA) is 12.0 Å². The third-order valence-electron chi connectivity index (χ3n) is 3.35. The van der Waals surface area contributed by atoms with E-state index in [9.17, 15) is 0 Å². The molecule has 0 aliphatic carbocycles. The Labute approximate surface area is 144 Å². The lowest BCUT2D eigenvalue weighted by Crippen LogP contribution is -2.39. The van der Waals surface area contributed by atoms with E-state index in [2.05, 4.69) is 65.6 Å². The molecule has 4 heteroatoms. The van der Waals surface area contributed by atoms with E-state index in [1.54, 1.807) is 11.3 Å².